The molecule has 0 aromatic carbocycles. The molecule has 6 heteroatoms. The number of hydrogen-bond donors (Lipinski definition) is 2. The molecule has 0 aliphatic carbocycles. The number of halogens is 1. The fourth-order valence-corrected chi connectivity index (χ4v) is 3.15. The molecule has 1 aromatic rings. The topological polar surface area (TPSA) is 45.6 Å². The highest BCUT2D eigenvalue weighted by Gasteiger charge is 1.99. The maximum absolute atomic E-state index is 5.26. The van der Waals surface area contributed by atoms with Crippen molar-refractivity contribution in [3.05, 3.63) is 19.9 Å². The average Bonchev–Trinajstić information content (AvgIpc) is 2.78. The van der Waals surface area contributed by atoms with E-state index in [1.165, 1.54) is 7.76 Å². The first-order valence-corrected chi connectivity index (χ1v) is 7.92. The van der Waals surface area contributed by atoms with Gasteiger partial charge in [-0.05, 0) is 48.1 Å². The molecule has 0 atom stereocenters. The third kappa shape index (κ3) is 6.55. The van der Waals surface area contributed by atoms with Crippen LogP contribution >= 0.6 is 33.9 Å². The van der Waals surface area contributed by atoms with E-state index in [9.17, 15) is 0 Å². The third-order valence-corrected chi connectivity index (χ3v) is 4.21. The Kier molecular flexibility index (Phi) is 8.36. The Morgan fingerprint density at radius 2 is 2.17 bits per heavy atom. The zero-order valence-electron chi connectivity index (χ0n) is 10.8. The van der Waals surface area contributed by atoms with Gasteiger partial charge in [-0.3, -0.25) is 4.99 Å². The van der Waals surface area contributed by atoms with E-state index in [0.29, 0.717) is 6.61 Å². The number of thiophene rings is 1. The van der Waals surface area contributed by atoms with Gasteiger partial charge in [0, 0.05) is 31.6 Å². The highest BCUT2D eigenvalue weighted by Crippen LogP contribution is 2.18. The molecule has 1 aromatic heterocycles. The second-order valence-electron chi connectivity index (χ2n) is 3.58. The zero-order chi connectivity index (χ0) is 13.2. The van der Waals surface area contributed by atoms with Crippen LogP contribution in [0.1, 0.15) is 11.8 Å². The number of rotatable bonds is 7. The molecule has 102 valence electrons. The molecule has 2 N–H and O–H groups in total. The number of guanidine groups is 1. The second kappa shape index (κ2) is 9.57. The predicted molar refractivity (Wildman–Crippen MR) is 86.6 cm³/mol. The Hall–Kier alpha value is -0.340. The van der Waals surface area contributed by atoms with Gasteiger partial charge in [-0.1, -0.05) is 0 Å². The van der Waals surface area contributed by atoms with Crippen LogP contribution in [0.5, 0.6) is 0 Å². The monoisotopic (exact) mass is 381 g/mol. The number of aliphatic imine (C=N–C) groups is 1. The number of ether oxygens (including phenoxy) is 1. The first-order chi connectivity index (χ1) is 8.76. The van der Waals surface area contributed by atoms with Crippen molar-refractivity contribution in [3.63, 3.8) is 0 Å². The van der Waals surface area contributed by atoms with Crippen molar-refractivity contribution in [1.82, 2.24) is 10.6 Å². The van der Waals surface area contributed by atoms with Gasteiger partial charge < -0.3 is 15.4 Å². The number of hydrogen-bond acceptors (Lipinski definition) is 3. The average molecular weight is 381 g/mol. The molecule has 0 radical (unpaired) electrons. The quantitative estimate of drug-likeness (QED) is 0.329. The Balaban J connectivity index is 2.15. The van der Waals surface area contributed by atoms with Gasteiger partial charge in [-0.2, -0.15) is 0 Å². The molecule has 1 rings (SSSR count). The lowest BCUT2D eigenvalue weighted by molar-refractivity contribution is 0.152. The third-order valence-electron chi connectivity index (χ3n) is 2.26. The molecular formula is C12H20IN3OS. The largest absolute Gasteiger partial charge is 0.380 e. The minimum absolute atomic E-state index is 0.709. The van der Waals surface area contributed by atoms with Crippen molar-refractivity contribution >= 4 is 39.9 Å². The van der Waals surface area contributed by atoms with Crippen molar-refractivity contribution in [2.75, 3.05) is 33.4 Å². The summed E-state index contributed by atoms with van der Waals surface area (Å²) in [4.78, 5) is 5.56. The zero-order valence-corrected chi connectivity index (χ0v) is 13.8. The van der Waals surface area contributed by atoms with Gasteiger partial charge in [0.1, 0.15) is 0 Å². The molecule has 0 saturated carbocycles. The van der Waals surface area contributed by atoms with Gasteiger partial charge in [0.25, 0.3) is 0 Å². The van der Waals surface area contributed by atoms with E-state index in [-0.39, 0.29) is 0 Å². The fourth-order valence-electron chi connectivity index (χ4n) is 1.40. The molecule has 0 fully saturated rings. The molecule has 0 bridgehead atoms. The molecule has 4 nitrogen and oxygen atoms in total. The van der Waals surface area contributed by atoms with Crippen LogP contribution in [0.4, 0.5) is 0 Å². The SMILES string of the molecule is CCOCCNC(=NC)NCCc1ccc(I)s1. The summed E-state index contributed by atoms with van der Waals surface area (Å²) in [5.41, 5.74) is 0. The molecule has 18 heavy (non-hydrogen) atoms. The van der Waals surface area contributed by atoms with Crippen LogP contribution in [0.25, 0.3) is 0 Å². The Labute approximate surface area is 126 Å². The van der Waals surface area contributed by atoms with Gasteiger partial charge in [0.05, 0.1) is 9.49 Å². The van der Waals surface area contributed by atoms with E-state index in [2.05, 4.69) is 50.3 Å². The minimum Gasteiger partial charge on any atom is -0.380 e. The summed E-state index contributed by atoms with van der Waals surface area (Å²) in [5, 5.41) is 6.50. The van der Waals surface area contributed by atoms with Crippen LogP contribution in [0.2, 0.25) is 0 Å². The highest BCUT2D eigenvalue weighted by molar-refractivity contribution is 14.1. The van der Waals surface area contributed by atoms with Crippen LogP contribution < -0.4 is 10.6 Å². The summed E-state index contributed by atoms with van der Waals surface area (Å²) in [6, 6.07) is 4.33. The van der Waals surface area contributed by atoms with Crippen LogP contribution in [-0.4, -0.2) is 39.3 Å². The summed E-state index contributed by atoms with van der Waals surface area (Å²) in [5.74, 6) is 0.834. The lowest BCUT2D eigenvalue weighted by atomic mass is 10.3. The summed E-state index contributed by atoms with van der Waals surface area (Å²) >= 11 is 4.19. The summed E-state index contributed by atoms with van der Waals surface area (Å²) < 4.78 is 6.60. The second-order valence-corrected chi connectivity index (χ2v) is 6.64. The molecule has 0 saturated heterocycles. The first-order valence-electron chi connectivity index (χ1n) is 6.02. The molecule has 0 unspecified atom stereocenters. The van der Waals surface area contributed by atoms with Crippen molar-refractivity contribution in [2.45, 2.75) is 13.3 Å². The van der Waals surface area contributed by atoms with Crippen LogP contribution in [-0.2, 0) is 11.2 Å². The van der Waals surface area contributed by atoms with E-state index >= 15 is 0 Å². The lowest BCUT2D eigenvalue weighted by Crippen LogP contribution is -2.39. The van der Waals surface area contributed by atoms with E-state index in [0.717, 1.165) is 32.1 Å². The normalized spacial score (nSPS) is 11.6. The van der Waals surface area contributed by atoms with Gasteiger partial charge in [0.2, 0.25) is 0 Å². The Bertz CT molecular complexity index is 368. The molecule has 0 spiro atoms. The summed E-state index contributed by atoms with van der Waals surface area (Å²) in [7, 11) is 1.78. The van der Waals surface area contributed by atoms with Gasteiger partial charge in [-0.25, -0.2) is 0 Å². The maximum Gasteiger partial charge on any atom is 0.191 e. The molecule has 0 aliphatic heterocycles. The van der Waals surface area contributed by atoms with Crippen molar-refractivity contribution < 1.29 is 4.74 Å². The Morgan fingerprint density at radius 3 is 2.78 bits per heavy atom. The first kappa shape index (κ1) is 15.7. The highest BCUT2D eigenvalue weighted by atomic mass is 127. The van der Waals surface area contributed by atoms with Gasteiger partial charge >= 0.3 is 0 Å². The van der Waals surface area contributed by atoms with E-state index in [4.69, 9.17) is 4.74 Å². The van der Waals surface area contributed by atoms with Crippen LogP contribution in [0, 0.1) is 2.88 Å². The van der Waals surface area contributed by atoms with Crippen molar-refractivity contribution in [2.24, 2.45) is 4.99 Å². The molecule has 0 aliphatic rings. The minimum atomic E-state index is 0.709. The van der Waals surface area contributed by atoms with Crippen molar-refractivity contribution in [1.29, 1.82) is 0 Å². The van der Waals surface area contributed by atoms with Crippen molar-refractivity contribution in [3.8, 4) is 0 Å². The smallest absolute Gasteiger partial charge is 0.191 e. The predicted octanol–water partition coefficient (Wildman–Crippen LogP) is 2.10. The molecule has 0 amide bonds. The number of nitrogens with zero attached hydrogens (tertiary/aromatic N) is 1. The van der Waals surface area contributed by atoms with E-state index in [1.807, 2.05) is 18.3 Å². The summed E-state index contributed by atoms with van der Waals surface area (Å²) in [6.07, 6.45) is 1.03. The molecular weight excluding hydrogens is 361 g/mol. The number of nitrogens with one attached hydrogen (secondary N) is 2. The van der Waals surface area contributed by atoms with E-state index in [1.54, 1.807) is 7.05 Å². The lowest BCUT2D eigenvalue weighted by Gasteiger charge is -2.11. The van der Waals surface area contributed by atoms with E-state index < -0.39 is 0 Å². The van der Waals surface area contributed by atoms with Crippen LogP contribution in [0.15, 0.2) is 17.1 Å². The summed E-state index contributed by atoms with van der Waals surface area (Å²) in [6.45, 7) is 5.13. The fraction of sp³-hybridized carbons (Fsp3) is 0.583. The molecule has 1 heterocycles. The van der Waals surface area contributed by atoms with Gasteiger partial charge in [-0.15, -0.1) is 11.3 Å². The van der Waals surface area contributed by atoms with Gasteiger partial charge in [0.15, 0.2) is 5.96 Å². The van der Waals surface area contributed by atoms with Crippen LogP contribution in [0.3, 0.4) is 0 Å². The maximum atomic E-state index is 5.26. The Morgan fingerprint density at radius 1 is 1.39 bits per heavy atom. The standard InChI is InChI=1S/C12H20IN3OS/c1-3-17-9-8-16-12(14-2)15-7-6-10-4-5-11(13)18-10/h4-5H,3,6-9H2,1-2H3,(H2,14,15,16).